The summed E-state index contributed by atoms with van der Waals surface area (Å²) >= 11 is 0. The van der Waals surface area contributed by atoms with Gasteiger partial charge in [0, 0.05) is 19.1 Å². The number of aromatic hydroxyl groups is 1. The van der Waals surface area contributed by atoms with Crippen LogP contribution in [0.15, 0.2) is 18.2 Å². The van der Waals surface area contributed by atoms with Crippen molar-refractivity contribution < 1.29 is 14.6 Å². The molecule has 1 heterocycles. The van der Waals surface area contributed by atoms with Crippen LogP contribution in [-0.4, -0.2) is 61.2 Å². The van der Waals surface area contributed by atoms with Crippen molar-refractivity contribution in [3.8, 4) is 11.5 Å². The fourth-order valence-corrected chi connectivity index (χ4v) is 2.77. The second-order valence-electron chi connectivity index (χ2n) is 5.60. The van der Waals surface area contributed by atoms with Gasteiger partial charge in [0.1, 0.15) is 11.5 Å². The van der Waals surface area contributed by atoms with E-state index in [4.69, 9.17) is 4.74 Å². The molecule has 1 aliphatic rings. The summed E-state index contributed by atoms with van der Waals surface area (Å²) in [5.74, 6) is 0.846. The number of hydrogen-bond acceptors (Lipinski definition) is 4. The van der Waals surface area contributed by atoms with Crippen molar-refractivity contribution in [2.45, 2.75) is 13.0 Å². The first-order chi connectivity index (χ1) is 9.43. The minimum Gasteiger partial charge on any atom is -0.507 e. The van der Waals surface area contributed by atoms with E-state index in [1.165, 1.54) is 6.07 Å². The lowest BCUT2D eigenvalue weighted by molar-refractivity contribution is 0.0778. The van der Waals surface area contributed by atoms with E-state index in [2.05, 4.69) is 11.8 Å². The van der Waals surface area contributed by atoms with E-state index >= 15 is 0 Å². The number of carbonyl (C=O) groups excluding carboxylic acids is 1. The lowest BCUT2D eigenvalue weighted by atomic mass is 10.1. The molecular weight excluding hydrogens is 256 g/mol. The van der Waals surface area contributed by atoms with Crippen molar-refractivity contribution in [3.05, 3.63) is 23.8 Å². The lowest BCUT2D eigenvalue weighted by Crippen LogP contribution is -2.35. The molecule has 0 saturated carbocycles. The van der Waals surface area contributed by atoms with Gasteiger partial charge < -0.3 is 19.6 Å². The molecule has 110 valence electrons. The van der Waals surface area contributed by atoms with Crippen LogP contribution in [0.2, 0.25) is 0 Å². The Balaban J connectivity index is 2.20. The van der Waals surface area contributed by atoms with Gasteiger partial charge in [-0.15, -0.1) is 0 Å². The fourth-order valence-electron chi connectivity index (χ4n) is 2.77. The summed E-state index contributed by atoms with van der Waals surface area (Å²) in [5.41, 5.74) is 0.302. The zero-order valence-corrected chi connectivity index (χ0v) is 12.5. The number of likely N-dealkylation sites (tertiary alicyclic amines) is 1. The predicted octanol–water partition coefficient (Wildman–Crippen LogP) is 1.42. The third kappa shape index (κ3) is 2.72. The molecule has 1 amide bonds. The van der Waals surface area contributed by atoms with Crippen LogP contribution in [-0.2, 0) is 0 Å². The molecule has 1 aliphatic heterocycles. The van der Waals surface area contributed by atoms with Gasteiger partial charge in [-0.25, -0.2) is 0 Å². The van der Waals surface area contributed by atoms with Gasteiger partial charge in [-0.1, -0.05) is 6.92 Å². The van der Waals surface area contributed by atoms with Crippen molar-refractivity contribution in [2.75, 3.05) is 34.3 Å². The minimum absolute atomic E-state index is 0.00300. The topological polar surface area (TPSA) is 53.0 Å². The van der Waals surface area contributed by atoms with E-state index in [9.17, 15) is 9.90 Å². The molecule has 2 rings (SSSR count). The molecule has 5 heteroatoms. The van der Waals surface area contributed by atoms with E-state index in [1.54, 1.807) is 24.1 Å². The highest BCUT2D eigenvalue weighted by Gasteiger charge is 2.34. The van der Waals surface area contributed by atoms with Crippen LogP contribution in [0, 0.1) is 5.92 Å². The van der Waals surface area contributed by atoms with Gasteiger partial charge >= 0.3 is 0 Å². The van der Waals surface area contributed by atoms with Gasteiger partial charge in [0.05, 0.1) is 12.7 Å². The molecule has 0 spiro atoms. The van der Waals surface area contributed by atoms with Crippen molar-refractivity contribution in [3.63, 3.8) is 0 Å². The molecule has 20 heavy (non-hydrogen) atoms. The number of benzene rings is 1. The number of ether oxygens (including phenoxy) is 1. The Labute approximate surface area is 119 Å². The first kappa shape index (κ1) is 14.7. The van der Waals surface area contributed by atoms with E-state index in [1.807, 2.05) is 14.1 Å². The van der Waals surface area contributed by atoms with Crippen LogP contribution in [0.5, 0.6) is 11.5 Å². The average Bonchev–Trinajstić information content (AvgIpc) is 2.81. The highest BCUT2D eigenvalue weighted by Crippen LogP contribution is 2.27. The number of amides is 1. The van der Waals surface area contributed by atoms with Gasteiger partial charge in [-0.05, 0) is 38.2 Å². The smallest absolute Gasteiger partial charge is 0.257 e. The van der Waals surface area contributed by atoms with Crippen LogP contribution >= 0.6 is 0 Å². The monoisotopic (exact) mass is 278 g/mol. The largest absolute Gasteiger partial charge is 0.507 e. The second kappa shape index (κ2) is 5.71. The fraction of sp³-hybridized carbons (Fsp3) is 0.533. The number of hydrogen-bond donors (Lipinski definition) is 1. The number of rotatable bonds is 3. The first-order valence-corrected chi connectivity index (χ1v) is 6.76. The lowest BCUT2D eigenvalue weighted by Gasteiger charge is -2.22. The molecule has 0 radical (unpaired) electrons. The molecule has 1 fully saturated rings. The van der Waals surface area contributed by atoms with Crippen molar-refractivity contribution in [2.24, 2.45) is 5.92 Å². The highest BCUT2D eigenvalue weighted by atomic mass is 16.5. The molecule has 2 atom stereocenters. The van der Waals surface area contributed by atoms with E-state index in [0.29, 0.717) is 36.4 Å². The number of carbonyl (C=O) groups is 1. The van der Waals surface area contributed by atoms with Gasteiger partial charge in [0.15, 0.2) is 0 Å². The summed E-state index contributed by atoms with van der Waals surface area (Å²) in [6.07, 6.45) is 0. The van der Waals surface area contributed by atoms with Gasteiger partial charge in [0.25, 0.3) is 5.91 Å². The number of likely N-dealkylation sites (N-methyl/N-ethyl adjacent to an activating group) is 1. The Morgan fingerprint density at radius 2 is 2.10 bits per heavy atom. The maximum atomic E-state index is 12.5. The van der Waals surface area contributed by atoms with Crippen molar-refractivity contribution in [1.29, 1.82) is 0 Å². The summed E-state index contributed by atoms with van der Waals surface area (Å²) in [6, 6.07) is 5.08. The molecule has 0 aromatic heterocycles. The van der Waals surface area contributed by atoms with Crippen LogP contribution in [0.3, 0.4) is 0 Å². The standard InChI is InChI=1S/C15H22N2O3/c1-10-8-17(9-13(10)16(2)3)15(19)12-7-11(20-4)5-6-14(12)18/h5-7,10,13,18H,8-9H2,1-4H3. The Hall–Kier alpha value is -1.75. The predicted molar refractivity (Wildman–Crippen MR) is 77.2 cm³/mol. The number of nitrogens with zero attached hydrogens (tertiary/aromatic N) is 2. The maximum absolute atomic E-state index is 12.5. The summed E-state index contributed by atoms with van der Waals surface area (Å²) in [7, 11) is 5.59. The zero-order chi connectivity index (χ0) is 14.9. The summed E-state index contributed by atoms with van der Waals surface area (Å²) < 4.78 is 5.11. The Morgan fingerprint density at radius 3 is 2.65 bits per heavy atom. The molecule has 1 aromatic carbocycles. The van der Waals surface area contributed by atoms with Crippen LogP contribution in [0.1, 0.15) is 17.3 Å². The maximum Gasteiger partial charge on any atom is 0.257 e. The van der Waals surface area contributed by atoms with E-state index < -0.39 is 0 Å². The molecule has 0 aliphatic carbocycles. The van der Waals surface area contributed by atoms with Gasteiger partial charge in [0.2, 0.25) is 0 Å². The van der Waals surface area contributed by atoms with Crippen molar-refractivity contribution >= 4 is 5.91 Å². The van der Waals surface area contributed by atoms with Crippen molar-refractivity contribution in [1.82, 2.24) is 9.80 Å². The normalized spacial score (nSPS) is 22.4. The van der Waals surface area contributed by atoms with E-state index in [0.717, 1.165) is 0 Å². The van der Waals surface area contributed by atoms with Gasteiger partial charge in [-0.3, -0.25) is 4.79 Å². The summed E-state index contributed by atoms with van der Waals surface area (Å²) in [5, 5.41) is 9.89. The number of phenols is 1. The Morgan fingerprint density at radius 1 is 1.40 bits per heavy atom. The molecule has 0 bridgehead atoms. The number of phenolic OH excluding ortho intramolecular Hbond substituents is 1. The molecule has 1 saturated heterocycles. The summed E-state index contributed by atoms with van der Waals surface area (Å²) in [6.45, 7) is 3.53. The van der Waals surface area contributed by atoms with Crippen LogP contribution < -0.4 is 4.74 Å². The van der Waals surface area contributed by atoms with E-state index in [-0.39, 0.29) is 11.7 Å². The Kier molecular flexibility index (Phi) is 4.18. The van der Waals surface area contributed by atoms with Gasteiger partial charge in [-0.2, -0.15) is 0 Å². The number of methoxy groups -OCH3 is 1. The third-order valence-electron chi connectivity index (χ3n) is 3.96. The summed E-state index contributed by atoms with van der Waals surface area (Å²) in [4.78, 5) is 16.5. The molecule has 1 N–H and O–H groups in total. The second-order valence-corrected chi connectivity index (χ2v) is 5.60. The quantitative estimate of drug-likeness (QED) is 0.908. The SMILES string of the molecule is COc1ccc(O)c(C(=O)N2CC(C)C(N(C)C)C2)c1. The molecule has 2 unspecified atom stereocenters. The minimum atomic E-state index is -0.141. The molecular formula is C15H22N2O3. The van der Waals surface area contributed by atoms with Crippen LogP contribution in [0.25, 0.3) is 0 Å². The Bertz CT molecular complexity index is 502. The van der Waals surface area contributed by atoms with Crippen LogP contribution in [0.4, 0.5) is 0 Å². The molecule has 1 aromatic rings. The zero-order valence-electron chi connectivity index (χ0n) is 12.5. The third-order valence-corrected chi connectivity index (χ3v) is 3.96. The highest BCUT2D eigenvalue weighted by molar-refractivity contribution is 5.97. The molecule has 5 nitrogen and oxygen atoms in total. The first-order valence-electron chi connectivity index (χ1n) is 6.76. The average molecular weight is 278 g/mol.